The molecule has 5 nitrogen and oxygen atoms in total. The number of ether oxygens (including phenoxy) is 1. The lowest BCUT2D eigenvalue weighted by Gasteiger charge is -2.05. The monoisotopic (exact) mass is 371 g/mol. The maximum atomic E-state index is 12.2. The molecule has 0 spiro atoms. The molecule has 1 aliphatic rings. The van der Waals surface area contributed by atoms with E-state index in [-0.39, 0.29) is 18.3 Å². The van der Waals surface area contributed by atoms with Crippen molar-refractivity contribution in [2.24, 2.45) is 0 Å². The Bertz CT molecular complexity index is 840. The number of thiophene rings is 1. The molecule has 2 aromatic rings. The quantitative estimate of drug-likeness (QED) is 0.600. The molecule has 0 saturated carbocycles. The number of rotatable bonds is 7. The second-order valence-corrected chi connectivity index (χ2v) is 7.50. The molecule has 1 aliphatic carbocycles. The molecule has 0 saturated heterocycles. The van der Waals surface area contributed by atoms with Crippen LogP contribution in [0.4, 0.5) is 0 Å². The molecule has 1 aromatic carbocycles. The molecule has 1 N–H and O–H groups in total. The summed E-state index contributed by atoms with van der Waals surface area (Å²) >= 11 is 1.36. The lowest BCUT2D eigenvalue weighted by Crippen LogP contribution is -2.22. The first-order valence-electron chi connectivity index (χ1n) is 8.68. The number of ketones is 1. The standard InChI is InChI=1S/C20H21NO4S/c1-13(22)21-10-9-17-7-8-19(26-17)18(23)12-25-20(24)16-6-5-14-3-2-4-15(14)11-16/h5-8,11H,2-4,9-10,12H2,1H3,(H,21,22). The fraction of sp³-hybridized carbons (Fsp3) is 0.350. The second-order valence-electron chi connectivity index (χ2n) is 6.34. The van der Waals surface area contributed by atoms with Gasteiger partial charge in [0.1, 0.15) is 0 Å². The van der Waals surface area contributed by atoms with Crippen LogP contribution in [0.1, 0.15) is 49.4 Å². The summed E-state index contributed by atoms with van der Waals surface area (Å²) in [5, 5.41) is 2.72. The van der Waals surface area contributed by atoms with E-state index in [2.05, 4.69) is 5.32 Å². The number of carbonyl (C=O) groups is 3. The molecule has 3 rings (SSSR count). The van der Waals surface area contributed by atoms with E-state index in [1.54, 1.807) is 12.1 Å². The van der Waals surface area contributed by atoms with E-state index < -0.39 is 5.97 Å². The molecule has 0 aliphatic heterocycles. The van der Waals surface area contributed by atoms with E-state index in [0.717, 1.165) is 24.1 Å². The Labute approximate surface area is 156 Å². The van der Waals surface area contributed by atoms with Crippen LogP contribution >= 0.6 is 11.3 Å². The number of amides is 1. The maximum absolute atomic E-state index is 12.2. The van der Waals surface area contributed by atoms with Gasteiger partial charge in [0.05, 0.1) is 10.4 Å². The van der Waals surface area contributed by atoms with E-state index >= 15 is 0 Å². The van der Waals surface area contributed by atoms with Crippen LogP contribution in [-0.2, 0) is 28.8 Å². The molecule has 1 aromatic heterocycles. The van der Waals surface area contributed by atoms with Gasteiger partial charge in [-0.3, -0.25) is 9.59 Å². The predicted molar refractivity (Wildman–Crippen MR) is 99.8 cm³/mol. The van der Waals surface area contributed by atoms with Crippen LogP contribution in [0.5, 0.6) is 0 Å². The molecular weight excluding hydrogens is 350 g/mol. The molecule has 1 heterocycles. The predicted octanol–water partition coefficient (Wildman–Crippen LogP) is 2.96. The summed E-state index contributed by atoms with van der Waals surface area (Å²) in [5.41, 5.74) is 3.00. The Morgan fingerprint density at radius 1 is 1.12 bits per heavy atom. The van der Waals surface area contributed by atoms with Crippen LogP contribution in [0.2, 0.25) is 0 Å². The number of hydrogen-bond acceptors (Lipinski definition) is 5. The number of Topliss-reactive ketones (excluding diaryl/α,β-unsaturated/α-hetero) is 1. The first kappa shape index (κ1) is 18.3. The summed E-state index contributed by atoms with van der Waals surface area (Å²) in [6, 6.07) is 9.21. The Hall–Kier alpha value is -2.47. The zero-order valence-corrected chi connectivity index (χ0v) is 15.5. The average molecular weight is 371 g/mol. The Morgan fingerprint density at radius 2 is 1.92 bits per heavy atom. The van der Waals surface area contributed by atoms with Crippen molar-refractivity contribution in [3.63, 3.8) is 0 Å². The molecular formula is C20H21NO4S. The van der Waals surface area contributed by atoms with Gasteiger partial charge < -0.3 is 10.1 Å². The summed E-state index contributed by atoms with van der Waals surface area (Å²) < 4.78 is 5.19. The lowest BCUT2D eigenvalue weighted by atomic mass is 10.1. The van der Waals surface area contributed by atoms with Crippen molar-refractivity contribution in [2.45, 2.75) is 32.6 Å². The third-order valence-electron chi connectivity index (χ3n) is 4.35. The number of hydrogen-bond donors (Lipinski definition) is 1. The Morgan fingerprint density at radius 3 is 2.73 bits per heavy atom. The number of benzene rings is 1. The number of esters is 1. The van der Waals surface area contributed by atoms with Crippen molar-refractivity contribution < 1.29 is 19.1 Å². The maximum Gasteiger partial charge on any atom is 0.338 e. The summed E-state index contributed by atoms with van der Waals surface area (Å²) in [5.74, 6) is -0.748. The van der Waals surface area contributed by atoms with E-state index in [0.29, 0.717) is 23.4 Å². The summed E-state index contributed by atoms with van der Waals surface area (Å²) in [6.07, 6.45) is 3.85. The molecule has 0 bridgehead atoms. The van der Waals surface area contributed by atoms with Crippen molar-refractivity contribution in [3.05, 3.63) is 56.8 Å². The van der Waals surface area contributed by atoms with Crippen LogP contribution in [0, 0.1) is 0 Å². The van der Waals surface area contributed by atoms with Crippen LogP contribution in [0.15, 0.2) is 30.3 Å². The highest BCUT2D eigenvalue weighted by Crippen LogP contribution is 2.23. The van der Waals surface area contributed by atoms with Crippen molar-refractivity contribution >= 4 is 29.0 Å². The number of carbonyl (C=O) groups excluding carboxylic acids is 3. The van der Waals surface area contributed by atoms with E-state index in [1.807, 2.05) is 18.2 Å². The van der Waals surface area contributed by atoms with Gasteiger partial charge in [-0.15, -0.1) is 11.3 Å². The number of nitrogens with one attached hydrogen (secondary N) is 1. The van der Waals surface area contributed by atoms with Crippen LogP contribution < -0.4 is 5.32 Å². The summed E-state index contributed by atoms with van der Waals surface area (Å²) in [4.78, 5) is 36.8. The molecule has 26 heavy (non-hydrogen) atoms. The Kier molecular flexibility index (Phi) is 5.83. The second kappa shape index (κ2) is 8.27. The third kappa shape index (κ3) is 4.58. The van der Waals surface area contributed by atoms with Gasteiger partial charge in [0, 0.05) is 18.3 Å². The van der Waals surface area contributed by atoms with Gasteiger partial charge in [-0.05, 0) is 61.1 Å². The zero-order chi connectivity index (χ0) is 18.5. The fourth-order valence-electron chi connectivity index (χ4n) is 3.01. The summed E-state index contributed by atoms with van der Waals surface area (Å²) in [7, 11) is 0. The van der Waals surface area contributed by atoms with Crippen molar-refractivity contribution in [2.75, 3.05) is 13.2 Å². The number of fused-ring (bicyclic) bond motifs is 1. The minimum absolute atomic E-state index is 0.0728. The van der Waals surface area contributed by atoms with Gasteiger partial charge in [-0.1, -0.05) is 6.07 Å². The van der Waals surface area contributed by atoms with Gasteiger partial charge in [0.15, 0.2) is 6.61 Å². The normalized spacial score (nSPS) is 12.5. The van der Waals surface area contributed by atoms with Crippen LogP contribution in [0.3, 0.4) is 0 Å². The Balaban J connectivity index is 1.51. The van der Waals surface area contributed by atoms with E-state index in [4.69, 9.17) is 4.74 Å². The third-order valence-corrected chi connectivity index (χ3v) is 5.54. The van der Waals surface area contributed by atoms with Gasteiger partial charge in [-0.25, -0.2) is 4.79 Å². The smallest absolute Gasteiger partial charge is 0.338 e. The largest absolute Gasteiger partial charge is 0.454 e. The van der Waals surface area contributed by atoms with E-state index in [1.165, 1.54) is 29.4 Å². The SMILES string of the molecule is CC(=O)NCCc1ccc(C(=O)COC(=O)c2ccc3c(c2)CCC3)s1. The highest BCUT2D eigenvalue weighted by molar-refractivity contribution is 7.14. The molecule has 0 fully saturated rings. The van der Waals surface area contributed by atoms with Gasteiger partial charge >= 0.3 is 5.97 Å². The molecule has 0 radical (unpaired) electrons. The molecule has 6 heteroatoms. The van der Waals surface area contributed by atoms with Gasteiger partial charge in [-0.2, -0.15) is 0 Å². The zero-order valence-electron chi connectivity index (χ0n) is 14.7. The molecule has 1 amide bonds. The molecule has 136 valence electrons. The first-order valence-corrected chi connectivity index (χ1v) is 9.50. The van der Waals surface area contributed by atoms with Gasteiger partial charge in [0.25, 0.3) is 0 Å². The van der Waals surface area contributed by atoms with Crippen molar-refractivity contribution in [3.8, 4) is 0 Å². The first-order chi connectivity index (χ1) is 12.5. The van der Waals surface area contributed by atoms with Crippen molar-refractivity contribution in [1.82, 2.24) is 5.32 Å². The summed E-state index contributed by atoms with van der Waals surface area (Å²) in [6.45, 7) is 1.75. The lowest BCUT2D eigenvalue weighted by molar-refractivity contribution is -0.118. The van der Waals surface area contributed by atoms with Gasteiger partial charge in [0.2, 0.25) is 11.7 Å². The molecule has 0 unspecified atom stereocenters. The van der Waals surface area contributed by atoms with Crippen molar-refractivity contribution in [1.29, 1.82) is 0 Å². The minimum atomic E-state index is -0.463. The highest BCUT2D eigenvalue weighted by Gasteiger charge is 2.17. The highest BCUT2D eigenvalue weighted by atomic mass is 32.1. The molecule has 0 atom stereocenters. The number of aryl methyl sites for hydroxylation is 2. The minimum Gasteiger partial charge on any atom is -0.454 e. The topological polar surface area (TPSA) is 72.5 Å². The van der Waals surface area contributed by atoms with E-state index in [9.17, 15) is 14.4 Å². The van der Waals surface area contributed by atoms with Crippen LogP contribution in [0.25, 0.3) is 0 Å². The average Bonchev–Trinajstić information content (AvgIpc) is 3.27. The van der Waals surface area contributed by atoms with Crippen LogP contribution in [-0.4, -0.2) is 30.8 Å². The fourth-order valence-corrected chi connectivity index (χ4v) is 3.94.